The zero-order chi connectivity index (χ0) is 19.3. The Hall–Kier alpha value is -2.27. The molecule has 2 aromatic rings. The molecule has 1 heterocycles. The van der Waals surface area contributed by atoms with E-state index in [4.69, 9.17) is 9.84 Å². The summed E-state index contributed by atoms with van der Waals surface area (Å²) in [6.45, 7) is 2.72. The van der Waals surface area contributed by atoms with Gasteiger partial charge < -0.3 is 9.84 Å². The second-order valence-corrected chi connectivity index (χ2v) is 7.31. The van der Waals surface area contributed by atoms with Crippen LogP contribution in [0.3, 0.4) is 0 Å². The van der Waals surface area contributed by atoms with E-state index >= 15 is 0 Å². The zero-order valence-electron chi connectivity index (χ0n) is 15.8. The first-order valence-electron chi connectivity index (χ1n) is 9.34. The lowest BCUT2D eigenvalue weighted by Gasteiger charge is -2.10. The van der Waals surface area contributed by atoms with Gasteiger partial charge in [-0.25, -0.2) is 9.78 Å². The van der Waals surface area contributed by atoms with E-state index in [1.54, 1.807) is 0 Å². The summed E-state index contributed by atoms with van der Waals surface area (Å²) >= 11 is 1.86. The average Bonchev–Trinajstić information content (AvgIpc) is 2.68. The quantitative estimate of drug-likeness (QED) is 0.401. The number of hydrogen-bond donors (Lipinski definition) is 1. The van der Waals surface area contributed by atoms with Gasteiger partial charge in [-0.15, -0.1) is 0 Å². The summed E-state index contributed by atoms with van der Waals surface area (Å²) in [7, 11) is 0. The van der Waals surface area contributed by atoms with Gasteiger partial charge in [0.05, 0.1) is 12.3 Å². The molecule has 0 atom stereocenters. The molecule has 1 N–H and O–H groups in total. The smallest absolute Gasteiger partial charge is 0.328 e. The molecule has 0 spiro atoms. The van der Waals surface area contributed by atoms with E-state index in [9.17, 15) is 4.79 Å². The van der Waals surface area contributed by atoms with Crippen molar-refractivity contribution in [3.8, 4) is 5.75 Å². The molecule has 0 aliphatic rings. The van der Waals surface area contributed by atoms with Gasteiger partial charge in [0.2, 0.25) is 0 Å². The van der Waals surface area contributed by atoms with Crippen molar-refractivity contribution in [1.29, 1.82) is 0 Å². The van der Waals surface area contributed by atoms with Crippen molar-refractivity contribution < 1.29 is 14.6 Å². The Balaban J connectivity index is 1.98. The van der Waals surface area contributed by atoms with E-state index in [1.165, 1.54) is 30.9 Å². The Bertz CT molecular complexity index is 732. The van der Waals surface area contributed by atoms with Crippen molar-refractivity contribution in [2.45, 2.75) is 38.4 Å². The van der Waals surface area contributed by atoms with Gasteiger partial charge >= 0.3 is 5.97 Å². The molecule has 0 fully saturated rings. The maximum Gasteiger partial charge on any atom is 0.328 e. The summed E-state index contributed by atoms with van der Waals surface area (Å²) in [4.78, 5) is 15.5. The third kappa shape index (κ3) is 8.31. The van der Waals surface area contributed by atoms with Crippen molar-refractivity contribution in [2.24, 2.45) is 0 Å². The maximum absolute atomic E-state index is 10.9. The lowest BCUT2D eigenvalue weighted by molar-refractivity contribution is -0.131. The van der Waals surface area contributed by atoms with Crippen LogP contribution in [0.2, 0.25) is 0 Å². The van der Waals surface area contributed by atoms with Crippen LogP contribution in [0.1, 0.15) is 43.1 Å². The van der Waals surface area contributed by atoms with Crippen molar-refractivity contribution in [2.75, 3.05) is 12.4 Å². The number of hydrogen-bond acceptors (Lipinski definition) is 4. The topological polar surface area (TPSA) is 59.4 Å². The van der Waals surface area contributed by atoms with E-state index in [-0.39, 0.29) is 0 Å². The summed E-state index contributed by atoms with van der Waals surface area (Å²) in [6.07, 6.45) is 7.08. The summed E-state index contributed by atoms with van der Waals surface area (Å²) in [5, 5.41) is 8.92. The van der Waals surface area contributed by atoms with E-state index in [1.807, 2.05) is 42.1 Å². The van der Waals surface area contributed by atoms with Crippen molar-refractivity contribution in [3.63, 3.8) is 0 Å². The molecule has 0 saturated heterocycles. The van der Waals surface area contributed by atoms with E-state index < -0.39 is 5.97 Å². The number of aliphatic carboxylic acids is 1. The van der Waals surface area contributed by atoms with Gasteiger partial charge in [-0.3, -0.25) is 0 Å². The SMILES string of the molecule is CCCCCSCc1ccc(OCCc2ccccc2)c(/C=C/C(=O)O)n1. The average molecular weight is 386 g/mol. The van der Waals surface area contributed by atoms with Crippen LogP contribution in [0.4, 0.5) is 0 Å². The van der Waals surface area contributed by atoms with Gasteiger partial charge in [0, 0.05) is 18.2 Å². The molecular formula is C22H27NO3S. The number of aromatic nitrogens is 1. The molecule has 0 amide bonds. The van der Waals surface area contributed by atoms with Crippen molar-refractivity contribution in [1.82, 2.24) is 4.98 Å². The molecule has 0 bridgehead atoms. The van der Waals surface area contributed by atoms with Gasteiger partial charge in [-0.05, 0) is 35.9 Å². The number of rotatable bonds is 12. The summed E-state index contributed by atoms with van der Waals surface area (Å²) < 4.78 is 5.87. The molecule has 0 saturated carbocycles. The second-order valence-electron chi connectivity index (χ2n) is 6.20. The molecule has 4 nitrogen and oxygen atoms in total. The lowest BCUT2D eigenvalue weighted by atomic mass is 10.2. The largest absolute Gasteiger partial charge is 0.491 e. The zero-order valence-corrected chi connectivity index (χ0v) is 16.6. The molecule has 1 aromatic heterocycles. The fourth-order valence-corrected chi connectivity index (χ4v) is 3.45. The first kappa shape index (κ1) is 21.0. The third-order valence-electron chi connectivity index (χ3n) is 3.96. The molecule has 1 aromatic carbocycles. The van der Waals surface area contributed by atoms with Crippen LogP contribution < -0.4 is 4.74 Å². The highest BCUT2D eigenvalue weighted by Crippen LogP contribution is 2.22. The van der Waals surface area contributed by atoms with Crippen LogP contribution in [0.15, 0.2) is 48.5 Å². The number of unbranched alkanes of at least 4 members (excludes halogenated alkanes) is 2. The highest BCUT2D eigenvalue weighted by atomic mass is 32.2. The first-order chi connectivity index (χ1) is 13.2. The van der Waals surface area contributed by atoms with Gasteiger partial charge in [-0.2, -0.15) is 11.8 Å². The minimum absolute atomic E-state index is 0.519. The summed E-state index contributed by atoms with van der Waals surface area (Å²) in [5.41, 5.74) is 2.71. The fraction of sp³-hybridized carbons (Fsp3) is 0.364. The van der Waals surface area contributed by atoms with Crippen LogP contribution in [0.25, 0.3) is 6.08 Å². The highest BCUT2D eigenvalue weighted by molar-refractivity contribution is 7.98. The number of carbonyl (C=O) groups is 1. The lowest BCUT2D eigenvalue weighted by Crippen LogP contribution is -2.04. The van der Waals surface area contributed by atoms with Crippen molar-refractivity contribution >= 4 is 23.8 Å². The maximum atomic E-state index is 10.9. The predicted molar refractivity (Wildman–Crippen MR) is 112 cm³/mol. The molecule has 0 radical (unpaired) electrons. The van der Waals surface area contributed by atoms with Crippen LogP contribution >= 0.6 is 11.8 Å². The number of carboxylic acid groups (broad SMARTS) is 1. The first-order valence-corrected chi connectivity index (χ1v) is 10.5. The summed E-state index contributed by atoms with van der Waals surface area (Å²) in [5.74, 6) is 1.56. The second kappa shape index (κ2) is 12.2. The number of carboxylic acids is 1. The highest BCUT2D eigenvalue weighted by Gasteiger charge is 2.06. The molecule has 2 rings (SSSR count). The number of pyridine rings is 1. The van der Waals surface area contributed by atoms with E-state index in [0.717, 1.165) is 29.7 Å². The van der Waals surface area contributed by atoms with Gasteiger partial charge in [-0.1, -0.05) is 50.1 Å². The Kier molecular flexibility index (Phi) is 9.49. The van der Waals surface area contributed by atoms with Gasteiger partial charge in [0.15, 0.2) is 0 Å². The monoisotopic (exact) mass is 385 g/mol. The standard InChI is InChI=1S/C22H27NO3S/c1-2-3-7-16-27-17-19-10-12-21(20(23-19)11-13-22(24)25)26-15-14-18-8-5-4-6-9-18/h4-6,8-13H,2-3,7,14-17H2,1H3,(H,24,25)/b13-11+. The Labute approximate surface area is 165 Å². The van der Waals surface area contributed by atoms with E-state index in [0.29, 0.717) is 18.1 Å². The number of benzene rings is 1. The fourth-order valence-electron chi connectivity index (χ4n) is 2.53. The molecular weight excluding hydrogens is 358 g/mol. The number of thioether (sulfide) groups is 1. The van der Waals surface area contributed by atoms with Gasteiger partial charge in [0.1, 0.15) is 11.4 Å². The molecule has 27 heavy (non-hydrogen) atoms. The molecule has 0 aliphatic carbocycles. The van der Waals surface area contributed by atoms with Crippen LogP contribution in [-0.4, -0.2) is 28.4 Å². The Morgan fingerprint density at radius 3 is 2.74 bits per heavy atom. The summed E-state index contributed by atoms with van der Waals surface area (Å²) in [6, 6.07) is 14.0. The van der Waals surface area contributed by atoms with Crippen LogP contribution in [0.5, 0.6) is 5.75 Å². The third-order valence-corrected chi connectivity index (χ3v) is 5.04. The Morgan fingerprint density at radius 2 is 2.00 bits per heavy atom. The van der Waals surface area contributed by atoms with E-state index in [2.05, 4.69) is 24.0 Å². The molecule has 0 aliphatic heterocycles. The van der Waals surface area contributed by atoms with Gasteiger partial charge in [0.25, 0.3) is 0 Å². The minimum Gasteiger partial charge on any atom is -0.491 e. The van der Waals surface area contributed by atoms with Crippen LogP contribution in [0, 0.1) is 0 Å². The number of nitrogens with zero attached hydrogens (tertiary/aromatic N) is 1. The molecule has 144 valence electrons. The predicted octanol–water partition coefficient (Wildman–Crippen LogP) is 5.22. The van der Waals surface area contributed by atoms with Crippen LogP contribution in [-0.2, 0) is 17.0 Å². The molecule has 0 unspecified atom stereocenters. The Morgan fingerprint density at radius 1 is 1.19 bits per heavy atom. The minimum atomic E-state index is -0.994. The normalized spacial score (nSPS) is 11.0. The van der Waals surface area contributed by atoms with Crippen molar-refractivity contribution in [3.05, 3.63) is 65.5 Å². The number of ether oxygens (including phenoxy) is 1. The molecule has 5 heteroatoms.